The Morgan fingerprint density at radius 2 is 2.23 bits per heavy atom. The Labute approximate surface area is 110 Å². The number of hydrogen-bond donors (Lipinski definition) is 0. The van der Waals surface area contributed by atoms with E-state index in [0.29, 0.717) is 17.4 Å². The molecular formula is C9H8BrClMgO. The molecule has 0 spiro atoms. The van der Waals surface area contributed by atoms with Crippen LogP contribution in [0.1, 0.15) is 0 Å². The van der Waals surface area contributed by atoms with Crippen LogP contribution in [0.5, 0.6) is 5.75 Å². The zero-order valence-corrected chi connectivity index (χ0v) is 10.9. The Balaban J connectivity index is 0. The summed E-state index contributed by atoms with van der Waals surface area (Å²) in [5, 5.41) is 0.663. The van der Waals surface area contributed by atoms with Crippen molar-refractivity contribution >= 4 is 34.7 Å². The third kappa shape index (κ3) is 6.38. The normalized spacial score (nSPS) is 7.77. The van der Waals surface area contributed by atoms with Crippen LogP contribution >= 0.6 is 11.6 Å². The Hall–Kier alpha value is 0.296. The maximum absolute atomic E-state index is 5.64. The summed E-state index contributed by atoms with van der Waals surface area (Å²) in [5.41, 5.74) is 0. The molecule has 0 aliphatic rings. The molecule has 0 saturated carbocycles. The molecule has 13 heavy (non-hydrogen) atoms. The van der Waals surface area contributed by atoms with E-state index < -0.39 is 0 Å². The van der Waals surface area contributed by atoms with Gasteiger partial charge >= 0.3 is 23.1 Å². The summed E-state index contributed by atoms with van der Waals surface area (Å²) in [6.07, 6.45) is 1.68. The molecule has 0 aromatic heterocycles. The minimum atomic E-state index is 0. The number of ether oxygens (including phenoxy) is 1. The predicted octanol–water partition coefficient (Wildman–Crippen LogP) is -0.672. The zero-order chi connectivity index (χ0) is 8.10. The second-order valence-corrected chi connectivity index (χ2v) is 2.41. The Bertz CT molecular complexity index is 238. The van der Waals surface area contributed by atoms with Gasteiger partial charge in [0.1, 0.15) is 6.61 Å². The number of halogens is 2. The summed E-state index contributed by atoms with van der Waals surface area (Å²) in [4.78, 5) is 0. The molecule has 0 aliphatic carbocycles. The van der Waals surface area contributed by atoms with Gasteiger partial charge in [-0.2, -0.15) is 23.7 Å². The third-order valence-corrected chi connectivity index (χ3v) is 1.34. The summed E-state index contributed by atoms with van der Waals surface area (Å²) in [5.74, 6) is 0.689. The van der Waals surface area contributed by atoms with Gasteiger partial charge in [-0.15, -0.1) is 12.1 Å². The van der Waals surface area contributed by atoms with Gasteiger partial charge in [0.25, 0.3) is 0 Å². The van der Waals surface area contributed by atoms with E-state index in [1.165, 1.54) is 0 Å². The molecule has 4 heteroatoms. The Morgan fingerprint density at radius 1 is 1.54 bits per heavy atom. The van der Waals surface area contributed by atoms with Crippen LogP contribution < -0.4 is 21.7 Å². The summed E-state index contributed by atoms with van der Waals surface area (Å²) < 4.78 is 5.18. The summed E-state index contributed by atoms with van der Waals surface area (Å²) >= 11 is 5.64. The maximum Gasteiger partial charge on any atom is 2.00 e. The summed E-state index contributed by atoms with van der Waals surface area (Å²) in [6, 6.07) is 8.07. The van der Waals surface area contributed by atoms with Crippen molar-refractivity contribution in [2.45, 2.75) is 0 Å². The molecule has 0 aliphatic heterocycles. The van der Waals surface area contributed by atoms with E-state index in [4.69, 9.17) is 16.3 Å². The molecule has 1 aromatic rings. The number of benzene rings is 1. The predicted molar refractivity (Wildman–Crippen MR) is 51.7 cm³/mol. The third-order valence-electron chi connectivity index (χ3n) is 1.10. The molecule has 0 amide bonds. The number of hydrogen-bond acceptors (Lipinski definition) is 1. The SMILES string of the molecule is C=CCOc1[c-]cc(Cl)cc1.[Br-].[Mg+2]. The molecule has 1 nitrogen and oxygen atoms in total. The Morgan fingerprint density at radius 3 is 2.69 bits per heavy atom. The second kappa shape index (κ2) is 8.88. The second-order valence-electron chi connectivity index (χ2n) is 1.97. The van der Waals surface area contributed by atoms with Gasteiger partial charge in [-0.1, -0.05) is 17.7 Å². The van der Waals surface area contributed by atoms with Crippen molar-refractivity contribution in [3.63, 3.8) is 0 Å². The minimum absolute atomic E-state index is 0. The van der Waals surface area contributed by atoms with Crippen molar-refractivity contribution in [1.29, 1.82) is 0 Å². The molecule has 0 heterocycles. The quantitative estimate of drug-likeness (QED) is 0.403. The van der Waals surface area contributed by atoms with Crippen LogP contribution in [-0.4, -0.2) is 29.7 Å². The van der Waals surface area contributed by atoms with Gasteiger partial charge in [0, 0.05) is 5.75 Å². The largest absolute Gasteiger partial charge is 2.00 e. The van der Waals surface area contributed by atoms with E-state index in [9.17, 15) is 0 Å². The molecular weight excluding hydrogens is 264 g/mol. The van der Waals surface area contributed by atoms with Crippen LogP contribution in [0.2, 0.25) is 5.02 Å². The van der Waals surface area contributed by atoms with E-state index >= 15 is 0 Å². The molecule has 0 bridgehead atoms. The average molecular weight is 272 g/mol. The smallest absolute Gasteiger partial charge is 1.00 e. The van der Waals surface area contributed by atoms with Crippen molar-refractivity contribution in [1.82, 2.24) is 0 Å². The standard InChI is InChI=1S/C9H8ClO.BrH.Mg/c1-2-7-11-9-5-3-8(10)4-6-9;;/h2-5H,1,7H2;1H;/q-1;;+2/p-1. The van der Waals surface area contributed by atoms with E-state index in [0.717, 1.165) is 0 Å². The molecule has 0 atom stereocenters. The maximum atomic E-state index is 5.64. The van der Waals surface area contributed by atoms with Crippen LogP contribution in [0.25, 0.3) is 0 Å². The van der Waals surface area contributed by atoms with Gasteiger partial charge in [-0.05, 0) is 0 Å². The van der Waals surface area contributed by atoms with Crippen LogP contribution in [0.3, 0.4) is 0 Å². The molecule has 0 unspecified atom stereocenters. The van der Waals surface area contributed by atoms with Crippen LogP contribution in [0.4, 0.5) is 0 Å². The van der Waals surface area contributed by atoms with Gasteiger partial charge in [0.15, 0.2) is 0 Å². The van der Waals surface area contributed by atoms with E-state index in [2.05, 4.69) is 12.6 Å². The van der Waals surface area contributed by atoms with Crippen LogP contribution in [-0.2, 0) is 0 Å². The van der Waals surface area contributed by atoms with Crippen molar-refractivity contribution < 1.29 is 21.7 Å². The van der Waals surface area contributed by atoms with Crippen molar-refractivity contribution in [3.05, 3.63) is 41.9 Å². The van der Waals surface area contributed by atoms with Crippen molar-refractivity contribution in [2.24, 2.45) is 0 Å². The van der Waals surface area contributed by atoms with E-state index in [-0.39, 0.29) is 40.0 Å². The van der Waals surface area contributed by atoms with Gasteiger partial charge < -0.3 is 21.7 Å². The fourth-order valence-corrected chi connectivity index (χ4v) is 0.748. The first-order valence-electron chi connectivity index (χ1n) is 3.24. The topological polar surface area (TPSA) is 9.23 Å². The fourth-order valence-electron chi connectivity index (χ4n) is 0.630. The minimum Gasteiger partial charge on any atom is -1.00 e. The summed E-state index contributed by atoms with van der Waals surface area (Å²) in [6.45, 7) is 4.03. The molecule has 0 radical (unpaired) electrons. The first kappa shape index (κ1) is 15.8. The van der Waals surface area contributed by atoms with Gasteiger partial charge in [-0.25, -0.2) is 0 Å². The van der Waals surface area contributed by atoms with Crippen LogP contribution in [0.15, 0.2) is 30.9 Å². The Kier molecular flexibility index (Phi) is 10.8. The van der Waals surface area contributed by atoms with Crippen molar-refractivity contribution in [3.8, 4) is 5.75 Å². The first-order valence-corrected chi connectivity index (χ1v) is 3.61. The van der Waals surface area contributed by atoms with Gasteiger partial charge in [-0.3, -0.25) is 0 Å². The van der Waals surface area contributed by atoms with Crippen LogP contribution in [0, 0.1) is 6.07 Å². The monoisotopic (exact) mass is 270 g/mol. The van der Waals surface area contributed by atoms with E-state index in [1.54, 1.807) is 24.3 Å². The fraction of sp³-hybridized carbons (Fsp3) is 0.111. The molecule has 1 rings (SSSR count). The van der Waals surface area contributed by atoms with Gasteiger partial charge in [0.05, 0.1) is 0 Å². The molecule has 0 fully saturated rings. The van der Waals surface area contributed by atoms with Gasteiger partial charge in [0.2, 0.25) is 0 Å². The first-order chi connectivity index (χ1) is 5.33. The van der Waals surface area contributed by atoms with E-state index in [1.807, 2.05) is 0 Å². The molecule has 1 aromatic carbocycles. The summed E-state index contributed by atoms with van der Waals surface area (Å²) in [7, 11) is 0. The molecule has 0 saturated heterocycles. The average Bonchev–Trinajstić information content (AvgIpc) is 2.04. The number of rotatable bonds is 3. The zero-order valence-electron chi connectivity index (χ0n) is 7.09. The molecule has 0 N–H and O–H groups in total. The van der Waals surface area contributed by atoms with Crippen molar-refractivity contribution in [2.75, 3.05) is 6.61 Å². The molecule has 66 valence electrons.